The molecule has 9 rings (SSSR count). The summed E-state index contributed by atoms with van der Waals surface area (Å²) in [5, 5.41) is 4.05. The van der Waals surface area contributed by atoms with Gasteiger partial charge in [0.15, 0.2) is 0 Å². The number of fused-ring (bicyclic) bond motifs is 3. The summed E-state index contributed by atoms with van der Waals surface area (Å²) in [7, 11) is 0. The van der Waals surface area contributed by atoms with Gasteiger partial charge in [-0.1, -0.05) is 152 Å². The highest BCUT2D eigenvalue weighted by molar-refractivity contribution is 6.22. The van der Waals surface area contributed by atoms with Crippen molar-refractivity contribution in [2.24, 2.45) is 0 Å². The van der Waals surface area contributed by atoms with E-state index in [9.17, 15) is 0 Å². The third kappa shape index (κ3) is 4.62. The van der Waals surface area contributed by atoms with Crippen LogP contribution in [0.25, 0.3) is 83.0 Å². The highest BCUT2D eigenvalue weighted by Gasteiger charge is 2.19. The molecule has 0 aliphatic rings. The summed E-state index contributed by atoms with van der Waals surface area (Å²) in [6.45, 7) is 0. The fourth-order valence-electron chi connectivity index (χ4n) is 6.82. The second-order valence-corrected chi connectivity index (χ2v) is 11.6. The molecule has 0 radical (unpaired) electrons. The van der Waals surface area contributed by atoms with Crippen molar-refractivity contribution in [3.05, 3.63) is 182 Å². The lowest BCUT2D eigenvalue weighted by atomic mass is 9.85. The van der Waals surface area contributed by atoms with Gasteiger partial charge in [0.05, 0.1) is 17.9 Å². The number of aromatic nitrogens is 2. The largest absolute Gasteiger partial charge is 0.292 e. The summed E-state index contributed by atoms with van der Waals surface area (Å²) >= 11 is 0. The normalized spacial score (nSPS) is 12.9. The van der Waals surface area contributed by atoms with Crippen LogP contribution in [0.1, 0.15) is 6.85 Å². The van der Waals surface area contributed by atoms with E-state index in [1.807, 2.05) is 78.9 Å². The van der Waals surface area contributed by atoms with E-state index in [-0.39, 0.29) is 29.7 Å². The van der Waals surface area contributed by atoms with Crippen LogP contribution in [0.5, 0.6) is 0 Å². The molecule has 0 aliphatic heterocycles. The average Bonchev–Trinajstić information content (AvgIpc) is 3.59. The standard InChI is InChI=1S/C45H30N2/c1-4-15-31(16-5-1)34-27-28-39-40(30-34)43(32-17-6-2-7-18-32)37-23-10-11-24-38(37)44(39)35-21-14-22-36(29-35)47-42-26-13-12-25-41(42)46-45(47)33-19-8-3-9-20-33/h1-30H/i1D,4D,5D,15D,16D. The second-order valence-electron chi connectivity index (χ2n) is 11.6. The molecule has 220 valence electrons. The first-order chi connectivity index (χ1) is 25.4. The van der Waals surface area contributed by atoms with Crippen LogP contribution < -0.4 is 0 Å². The molecule has 1 aromatic heterocycles. The molecule has 0 saturated carbocycles. The number of rotatable bonds is 5. The molecule has 0 aliphatic carbocycles. The van der Waals surface area contributed by atoms with Crippen LogP contribution in [0.2, 0.25) is 0 Å². The van der Waals surface area contributed by atoms with E-state index in [0.29, 0.717) is 5.56 Å². The summed E-state index contributed by atoms with van der Waals surface area (Å²) in [6, 6.07) is 50.0. The fourth-order valence-corrected chi connectivity index (χ4v) is 6.82. The Morgan fingerprint density at radius 3 is 1.81 bits per heavy atom. The van der Waals surface area contributed by atoms with E-state index in [0.717, 1.165) is 71.9 Å². The highest BCUT2D eigenvalue weighted by Crippen LogP contribution is 2.45. The van der Waals surface area contributed by atoms with Crippen LogP contribution in [0.3, 0.4) is 0 Å². The number of hydrogen-bond acceptors (Lipinski definition) is 1. The van der Waals surface area contributed by atoms with Crippen LogP contribution in [-0.2, 0) is 0 Å². The van der Waals surface area contributed by atoms with E-state index in [4.69, 9.17) is 11.8 Å². The van der Waals surface area contributed by atoms with Crippen molar-refractivity contribution in [1.29, 1.82) is 0 Å². The van der Waals surface area contributed by atoms with Crippen LogP contribution in [0.15, 0.2) is 182 Å². The minimum Gasteiger partial charge on any atom is -0.292 e. The van der Waals surface area contributed by atoms with Crippen LogP contribution >= 0.6 is 0 Å². The maximum Gasteiger partial charge on any atom is 0.145 e. The van der Waals surface area contributed by atoms with Gasteiger partial charge in [-0.2, -0.15) is 0 Å². The van der Waals surface area contributed by atoms with Gasteiger partial charge in [-0.3, -0.25) is 4.57 Å². The number of benzene rings is 8. The lowest BCUT2D eigenvalue weighted by Gasteiger charge is -2.19. The first kappa shape index (κ1) is 22.3. The molecule has 0 bridgehead atoms. The molecule has 47 heavy (non-hydrogen) atoms. The topological polar surface area (TPSA) is 17.8 Å². The quantitative estimate of drug-likeness (QED) is 0.179. The van der Waals surface area contributed by atoms with Crippen molar-refractivity contribution in [2.45, 2.75) is 0 Å². The molecule has 0 spiro atoms. The van der Waals surface area contributed by atoms with Gasteiger partial charge in [0, 0.05) is 11.3 Å². The Hall–Kier alpha value is -6.25. The van der Waals surface area contributed by atoms with Crippen molar-refractivity contribution in [1.82, 2.24) is 9.55 Å². The van der Waals surface area contributed by atoms with Gasteiger partial charge in [0.25, 0.3) is 0 Å². The number of hydrogen-bond donors (Lipinski definition) is 0. The van der Waals surface area contributed by atoms with E-state index >= 15 is 0 Å². The predicted molar refractivity (Wildman–Crippen MR) is 198 cm³/mol. The minimum absolute atomic E-state index is 0.184. The van der Waals surface area contributed by atoms with E-state index < -0.39 is 6.04 Å². The summed E-state index contributed by atoms with van der Waals surface area (Å²) in [5.74, 6) is 0.858. The van der Waals surface area contributed by atoms with Crippen molar-refractivity contribution in [2.75, 3.05) is 0 Å². The number of nitrogens with zero attached hydrogens (tertiary/aromatic N) is 2. The lowest BCUT2D eigenvalue weighted by molar-refractivity contribution is 1.10. The Morgan fingerprint density at radius 1 is 0.426 bits per heavy atom. The second kappa shape index (κ2) is 11.3. The zero-order valence-corrected chi connectivity index (χ0v) is 25.3. The monoisotopic (exact) mass is 603 g/mol. The maximum absolute atomic E-state index is 8.76. The Kier molecular flexibility index (Phi) is 5.35. The van der Waals surface area contributed by atoms with Crippen LogP contribution in [-0.4, -0.2) is 9.55 Å². The van der Waals surface area contributed by atoms with Crippen molar-refractivity contribution in [3.63, 3.8) is 0 Å². The zero-order valence-electron chi connectivity index (χ0n) is 30.3. The van der Waals surface area contributed by atoms with Crippen molar-refractivity contribution >= 4 is 32.6 Å². The van der Waals surface area contributed by atoms with Gasteiger partial charge >= 0.3 is 0 Å². The molecular weight excluding hydrogens is 569 g/mol. The number of imidazole rings is 1. The summed E-state index contributed by atoms with van der Waals surface area (Å²) < 4.78 is 44.6. The molecular formula is C45H30N2. The smallest absolute Gasteiger partial charge is 0.145 e. The lowest BCUT2D eigenvalue weighted by Crippen LogP contribution is -1.98. The molecule has 9 aromatic rings. The summed E-state index contributed by atoms with van der Waals surface area (Å²) in [6.07, 6.45) is 0. The van der Waals surface area contributed by atoms with Gasteiger partial charge in [-0.25, -0.2) is 4.98 Å². The molecule has 0 fully saturated rings. The molecule has 1 heterocycles. The molecule has 0 atom stereocenters. The SMILES string of the molecule is [2H]c1c([2H])c([2H])c(-c2ccc3c(-c4cccc(-n5c(-c6ccccc6)nc6ccccc65)c4)c4ccccc4c(-c4ccccc4)c3c2)c([2H])c1[2H]. The van der Waals surface area contributed by atoms with E-state index in [2.05, 4.69) is 77.4 Å². The highest BCUT2D eigenvalue weighted by atomic mass is 15.1. The van der Waals surface area contributed by atoms with Crippen LogP contribution in [0, 0.1) is 0 Å². The van der Waals surface area contributed by atoms with Crippen molar-refractivity contribution < 1.29 is 6.85 Å². The predicted octanol–water partition coefficient (Wildman–Crippen LogP) is 12.0. The molecule has 8 aromatic carbocycles. The van der Waals surface area contributed by atoms with E-state index in [1.165, 1.54) is 0 Å². The summed E-state index contributed by atoms with van der Waals surface area (Å²) in [5.41, 5.74) is 8.78. The minimum atomic E-state index is -0.404. The van der Waals surface area contributed by atoms with Gasteiger partial charge < -0.3 is 0 Å². The maximum atomic E-state index is 8.76. The molecule has 0 unspecified atom stereocenters. The zero-order chi connectivity index (χ0) is 35.5. The third-order valence-electron chi connectivity index (χ3n) is 8.86. The Bertz CT molecular complexity index is 2820. The first-order valence-corrected chi connectivity index (χ1v) is 15.7. The molecule has 0 saturated heterocycles. The van der Waals surface area contributed by atoms with Gasteiger partial charge in [-0.15, -0.1) is 0 Å². The Morgan fingerprint density at radius 2 is 1.04 bits per heavy atom. The molecule has 0 N–H and O–H groups in total. The molecule has 2 heteroatoms. The third-order valence-corrected chi connectivity index (χ3v) is 8.86. The molecule has 2 nitrogen and oxygen atoms in total. The summed E-state index contributed by atoms with van der Waals surface area (Å²) in [4.78, 5) is 5.07. The van der Waals surface area contributed by atoms with Crippen LogP contribution in [0.4, 0.5) is 0 Å². The fraction of sp³-hybridized carbons (Fsp3) is 0. The van der Waals surface area contributed by atoms with Gasteiger partial charge in [0.1, 0.15) is 5.82 Å². The van der Waals surface area contributed by atoms with E-state index in [1.54, 1.807) is 0 Å². The molecule has 0 amide bonds. The van der Waals surface area contributed by atoms with Crippen molar-refractivity contribution in [3.8, 4) is 50.5 Å². The van der Waals surface area contributed by atoms with Gasteiger partial charge in [0.2, 0.25) is 0 Å². The average molecular weight is 604 g/mol. The van der Waals surface area contributed by atoms with Gasteiger partial charge in [-0.05, 0) is 85.3 Å². The Labute approximate surface area is 280 Å². The number of para-hydroxylation sites is 2. The Balaban J connectivity index is 1.36. The first-order valence-electron chi connectivity index (χ1n) is 18.2.